The van der Waals surface area contributed by atoms with Crippen LogP contribution in [0.15, 0.2) is 4.99 Å². The van der Waals surface area contributed by atoms with Crippen molar-refractivity contribution in [3.8, 4) is 0 Å². The van der Waals surface area contributed by atoms with Crippen LogP contribution in [0.4, 0.5) is 0 Å². The molecule has 1 aliphatic heterocycles. The Balaban J connectivity index is 2.30. The first-order chi connectivity index (χ1) is 9.50. The molecule has 0 aromatic carbocycles. The lowest BCUT2D eigenvalue weighted by Crippen LogP contribution is -2.46. The highest BCUT2D eigenvalue weighted by atomic mass is 32.2. The molecule has 0 aromatic rings. The van der Waals surface area contributed by atoms with Gasteiger partial charge in [0, 0.05) is 26.2 Å². The fourth-order valence-corrected chi connectivity index (χ4v) is 4.05. The first-order valence-corrected chi connectivity index (χ1v) is 9.22. The van der Waals surface area contributed by atoms with Crippen LogP contribution in [0.1, 0.15) is 26.7 Å². The van der Waals surface area contributed by atoms with Gasteiger partial charge < -0.3 is 15.5 Å². The van der Waals surface area contributed by atoms with Gasteiger partial charge in [-0.3, -0.25) is 4.99 Å². The Morgan fingerprint density at radius 2 is 2.10 bits per heavy atom. The van der Waals surface area contributed by atoms with Crippen LogP contribution in [-0.2, 0) is 9.84 Å². The molecule has 1 saturated heterocycles. The summed E-state index contributed by atoms with van der Waals surface area (Å²) in [6.45, 7) is 8.26. The van der Waals surface area contributed by atoms with Crippen LogP contribution in [0.2, 0.25) is 0 Å². The number of hydrogen-bond donors (Lipinski definition) is 2. The van der Waals surface area contributed by atoms with Crippen molar-refractivity contribution in [1.82, 2.24) is 15.5 Å². The van der Waals surface area contributed by atoms with E-state index in [0.29, 0.717) is 12.4 Å². The lowest BCUT2D eigenvalue weighted by Gasteiger charge is -2.21. The smallest absolute Gasteiger partial charge is 0.191 e. The Kier molecular flexibility index (Phi) is 7.29. The molecule has 7 heteroatoms. The van der Waals surface area contributed by atoms with E-state index in [9.17, 15) is 8.42 Å². The Hall–Kier alpha value is -0.820. The number of nitrogens with one attached hydrogen (secondary N) is 2. The van der Waals surface area contributed by atoms with Crippen molar-refractivity contribution in [2.75, 3.05) is 44.7 Å². The van der Waals surface area contributed by atoms with Crippen molar-refractivity contribution in [2.45, 2.75) is 32.7 Å². The molecule has 6 nitrogen and oxygen atoms in total. The minimum absolute atomic E-state index is 0.0101. The fourth-order valence-electron chi connectivity index (χ4n) is 2.37. The van der Waals surface area contributed by atoms with Crippen LogP contribution < -0.4 is 10.6 Å². The maximum Gasteiger partial charge on any atom is 0.191 e. The summed E-state index contributed by atoms with van der Waals surface area (Å²) in [5.41, 5.74) is 0. The van der Waals surface area contributed by atoms with Gasteiger partial charge in [-0.1, -0.05) is 13.8 Å². The highest BCUT2D eigenvalue weighted by Gasteiger charge is 2.28. The van der Waals surface area contributed by atoms with E-state index in [1.54, 1.807) is 7.05 Å². The quantitative estimate of drug-likeness (QED) is 0.514. The van der Waals surface area contributed by atoms with Gasteiger partial charge in [0.2, 0.25) is 0 Å². The van der Waals surface area contributed by atoms with Crippen molar-refractivity contribution in [3.63, 3.8) is 0 Å². The Morgan fingerprint density at radius 1 is 1.35 bits per heavy atom. The Morgan fingerprint density at radius 3 is 2.60 bits per heavy atom. The average Bonchev–Trinajstić information content (AvgIpc) is 2.75. The standard InChI is InChI=1S/C13H28N4O2S/c1-4-8-17(5-2)9-7-15-13(14-3)16-12-6-10-20(18,19)11-12/h12H,4-11H2,1-3H3,(H2,14,15,16). The molecule has 1 atom stereocenters. The molecular formula is C13H28N4O2S. The summed E-state index contributed by atoms with van der Waals surface area (Å²) in [5.74, 6) is 1.19. The van der Waals surface area contributed by atoms with Crippen LogP contribution in [0, 0.1) is 0 Å². The lowest BCUT2D eigenvalue weighted by molar-refractivity contribution is 0.293. The van der Waals surface area contributed by atoms with Gasteiger partial charge in [-0.25, -0.2) is 8.42 Å². The van der Waals surface area contributed by atoms with E-state index >= 15 is 0 Å². The van der Waals surface area contributed by atoms with Gasteiger partial charge in [0.15, 0.2) is 15.8 Å². The zero-order valence-corrected chi connectivity index (χ0v) is 13.7. The summed E-state index contributed by atoms with van der Waals surface area (Å²) < 4.78 is 22.8. The van der Waals surface area contributed by atoms with Crippen molar-refractivity contribution >= 4 is 15.8 Å². The number of rotatable bonds is 7. The molecular weight excluding hydrogens is 276 g/mol. The molecule has 0 aromatic heterocycles. The molecule has 0 radical (unpaired) electrons. The van der Waals surface area contributed by atoms with Gasteiger partial charge in [-0.2, -0.15) is 0 Å². The van der Waals surface area contributed by atoms with E-state index in [1.165, 1.54) is 0 Å². The monoisotopic (exact) mass is 304 g/mol. The minimum Gasteiger partial charge on any atom is -0.355 e. The molecule has 0 saturated carbocycles. The molecule has 2 N–H and O–H groups in total. The third-order valence-corrected chi connectivity index (χ3v) is 5.27. The van der Waals surface area contributed by atoms with E-state index < -0.39 is 9.84 Å². The zero-order valence-electron chi connectivity index (χ0n) is 12.9. The Labute approximate surface area is 122 Å². The molecule has 1 unspecified atom stereocenters. The summed E-state index contributed by atoms with van der Waals surface area (Å²) in [7, 11) is -1.14. The predicted octanol–water partition coefficient (Wildman–Crippen LogP) is 0.0704. The molecule has 1 aliphatic rings. The van der Waals surface area contributed by atoms with E-state index in [-0.39, 0.29) is 17.5 Å². The number of guanidine groups is 1. The van der Waals surface area contributed by atoms with Crippen molar-refractivity contribution in [3.05, 3.63) is 0 Å². The molecule has 0 bridgehead atoms. The van der Waals surface area contributed by atoms with E-state index in [0.717, 1.165) is 32.6 Å². The summed E-state index contributed by atoms with van der Waals surface area (Å²) in [6.07, 6.45) is 1.82. The molecule has 0 amide bonds. The summed E-state index contributed by atoms with van der Waals surface area (Å²) in [4.78, 5) is 6.52. The molecule has 1 rings (SSSR count). The van der Waals surface area contributed by atoms with Gasteiger partial charge in [0.05, 0.1) is 11.5 Å². The lowest BCUT2D eigenvalue weighted by atomic mass is 10.3. The first-order valence-electron chi connectivity index (χ1n) is 7.40. The van der Waals surface area contributed by atoms with E-state index in [4.69, 9.17) is 0 Å². The van der Waals surface area contributed by atoms with Gasteiger partial charge in [0.1, 0.15) is 0 Å². The zero-order chi connectivity index (χ0) is 15.0. The first kappa shape index (κ1) is 17.2. The van der Waals surface area contributed by atoms with Crippen LogP contribution in [-0.4, -0.2) is 70.1 Å². The summed E-state index contributed by atoms with van der Waals surface area (Å²) in [5, 5.41) is 6.44. The molecule has 118 valence electrons. The van der Waals surface area contributed by atoms with Crippen molar-refractivity contribution < 1.29 is 8.42 Å². The molecule has 1 fully saturated rings. The van der Waals surface area contributed by atoms with E-state index in [1.807, 2.05) is 0 Å². The minimum atomic E-state index is -2.85. The van der Waals surface area contributed by atoms with Crippen LogP contribution in [0.5, 0.6) is 0 Å². The predicted molar refractivity (Wildman–Crippen MR) is 84.0 cm³/mol. The number of nitrogens with zero attached hydrogens (tertiary/aromatic N) is 2. The number of aliphatic imine (C=N–C) groups is 1. The topological polar surface area (TPSA) is 73.8 Å². The van der Waals surface area contributed by atoms with Crippen molar-refractivity contribution in [2.24, 2.45) is 4.99 Å². The normalized spacial score (nSPS) is 22.2. The SMILES string of the molecule is CCCN(CC)CCNC(=NC)NC1CCS(=O)(=O)C1. The second kappa shape index (κ2) is 8.46. The van der Waals surface area contributed by atoms with Crippen LogP contribution in [0.25, 0.3) is 0 Å². The number of sulfone groups is 1. The average molecular weight is 304 g/mol. The van der Waals surface area contributed by atoms with Crippen LogP contribution >= 0.6 is 0 Å². The van der Waals surface area contributed by atoms with Gasteiger partial charge >= 0.3 is 0 Å². The largest absolute Gasteiger partial charge is 0.355 e. The molecule has 1 heterocycles. The van der Waals surface area contributed by atoms with Gasteiger partial charge in [-0.05, 0) is 25.9 Å². The number of hydrogen-bond acceptors (Lipinski definition) is 4. The van der Waals surface area contributed by atoms with E-state index in [2.05, 4.69) is 34.4 Å². The second-order valence-corrected chi connectivity index (χ2v) is 7.41. The highest BCUT2D eigenvalue weighted by molar-refractivity contribution is 7.91. The highest BCUT2D eigenvalue weighted by Crippen LogP contribution is 2.10. The van der Waals surface area contributed by atoms with Gasteiger partial charge in [-0.15, -0.1) is 0 Å². The van der Waals surface area contributed by atoms with Crippen molar-refractivity contribution in [1.29, 1.82) is 0 Å². The molecule has 20 heavy (non-hydrogen) atoms. The summed E-state index contributed by atoms with van der Waals surface area (Å²) in [6, 6.07) is -0.0101. The molecule has 0 aliphatic carbocycles. The molecule has 0 spiro atoms. The summed E-state index contributed by atoms with van der Waals surface area (Å²) >= 11 is 0. The Bertz CT molecular complexity index is 409. The van der Waals surface area contributed by atoms with Crippen LogP contribution in [0.3, 0.4) is 0 Å². The third-order valence-electron chi connectivity index (χ3n) is 3.50. The maximum atomic E-state index is 11.4. The number of likely N-dealkylation sites (N-methyl/N-ethyl adjacent to an activating group) is 1. The second-order valence-electron chi connectivity index (χ2n) is 5.18. The van der Waals surface area contributed by atoms with Gasteiger partial charge in [0.25, 0.3) is 0 Å². The fraction of sp³-hybridized carbons (Fsp3) is 0.923. The third kappa shape index (κ3) is 6.09. The maximum absolute atomic E-state index is 11.4.